The number of hydrogen-bond donors (Lipinski definition) is 5. The number of hydrogen-bond acceptors (Lipinski definition) is 7. The molecule has 1 heterocycles. The maximum absolute atomic E-state index is 11.2. The molecule has 0 amide bonds. The zero-order valence-corrected chi connectivity index (χ0v) is 13.0. The van der Waals surface area contributed by atoms with E-state index in [-0.39, 0.29) is 5.56 Å². The first-order valence-electron chi connectivity index (χ1n) is 7.20. The van der Waals surface area contributed by atoms with Crippen LogP contribution in [0.15, 0.2) is 36.4 Å². The topological polar surface area (TPSA) is 120 Å². The third-order valence-corrected chi connectivity index (χ3v) is 4.20. The number of methoxy groups -OCH3 is 1. The molecule has 0 saturated carbocycles. The van der Waals surface area contributed by atoms with Gasteiger partial charge in [0.25, 0.3) is 0 Å². The highest BCUT2D eigenvalue weighted by Gasteiger charge is 2.64. The van der Waals surface area contributed by atoms with Crippen molar-refractivity contribution in [3.8, 4) is 5.75 Å². The molecule has 1 aromatic carbocycles. The van der Waals surface area contributed by atoms with E-state index in [4.69, 9.17) is 9.47 Å². The average Bonchev–Trinajstić information content (AvgIpc) is 2.57. The van der Waals surface area contributed by atoms with Crippen molar-refractivity contribution in [3.05, 3.63) is 42.0 Å². The van der Waals surface area contributed by atoms with Crippen LogP contribution in [0.25, 0.3) is 0 Å². The lowest BCUT2D eigenvalue weighted by molar-refractivity contribution is -0.355. The molecule has 0 unspecified atom stereocenters. The number of ether oxygens (including phenoxy) is 2. The molecular formula is C16H22O7. The largest absolute Gasteiger partial charge is 0.497 e. The fraction of sp³-hybridized carbons (Fsp3) is 0.500. The molecule has 0 spiro atoms. The lowest BCUT2D eigenvalue weighted by atomic mass is 9.69. The molecule has 0 radical (unpaired) electrons. The van der Waals surface area contributed by atoms with Crippen molar-refractivity contribution in [2.24, 2.45) is 0 Å². The van der Waals surface area contributed by atoms with Gasteiger partial charge in [-0.3, -0.25) is 0 Å². The quantitative estimate of drug-likeness (QED) is 0.462. The molecule has 7 nitrogen and oxygen atoms in total. The second kappa shape index (κ2) is 6.56. The van der Waals surface area contributed by atoms with Crippen LogP contribution in [-0.2, 0) is 10.3 Å². The molecule has 5 atom stereocenters. The third-order valence-electron chi connectivity index (χ3n) is 4.20. The fourth-order valence-corrected chi connectivity index (χ4v) is 2.89. The van der Waals surface area contributed by atoms with Crippen LogP contribution in [0.2, 0.25) is 0 Å². The Morgan fingerprint density at radius 1 is 1.22 bits per heavy atom. The first-order chi connectivity index (χ1) is 10.8. The second-order valence-electron chi connectivity index (χ2n) is 5.47. The number of benzene rings is 1. The number of rotatable bonds is 4. The summed E-state index contributed by atoms with van der Waals surface area (Å²) in [7, 11) is 1.48. The Labute approximate surface area is 134 Å². The average molecular weight is 326 g/mol. The predicted octanol–water partition coefficient (Wildman–Crippen LogP) is -0.740. The van der Waals surface area contributed by atoms with Crippen LogP contribution in [0, 0.1) is 0 Å². The summed E-state index contributed by atoms with van der Waals surface area (Å²) in [6.45, 7) is 0.951. The van der Waals surface area contributed by atoms with E-state index < -0.39 is 36.3 Å². The minimum atomic E-state index is -2.30. The number of aliphatic hydroxyl groups excluding tert-OH is 3. The Morgan fingerprint density at radius 3 is 2.30 bits per heavy atom. The van der Waals surface area contributed by atoms with Gasteiger partial charge in [0.05, 0.1) is 13.7 Å². The Hall–Kier alpha value is -1.48. The normalized spacial score (nSPS) is 38.0. The summed E-state index contributed by atoms with van der Waals surface area (Å²) < 4.78 is 10.1. The second-order valence-corrected chi connectivity index (χ2v) is 5.47. The van der Waals surface area contributed by atoms with Crippen molar-refractivity contribution in [1.29, 1.82) is 0 Å². The molecule has 1 aliphatic heterocycles. The lowest BCUT2D eigenvalue weighted by Crippen LogP contribution is -2.71. The minimum Gasteiger partial charge on any atom is -0.497 e. The monoisotopic (exact) mass is 326 g/mol. The molecular weight excluding hydrogens is 304 g/mol. The van der Waals surface area contributed by atoms with E-state index in [0.717, 1.165) is 6.08 Å². The summed E-state index contributed by atoms with van der Waals surface area (Å²) in [6, 6.07) is 6.02. The summed E-state index contributed by atoms with van der Waals surface area (Å²) >= 11 is 0. The highest BCUT2D eigenvalue weighted by atomic mass is 16.6. The smallest absolute Gasteiger partial charge is 0.191 e. The Bertz CT molecular complexity index is 558. The molecule has 1 fully saturated rings. The summed E-state index contributed by atoms with van der Waals surface area (Å²) in [5.74, 6) is 0.521. The Morgan fingerprint density at radius 2 is 1.83 bits per heavy atom. The van der Waals surface area contributed by atoms with E-state index >= 15 is 0 Å². The summed E-state index contributed by atoms with van der Waals surface area (Å²) in [5.41, 5.74) is -4.45. The highest BCUT2D eigenvalue weighted by Crippen LogP contribution is 2.45. The first-order valence-corrected chi connectivity index (χ1v) is 7.20. The van der Waals surface area contributed by atoms with Gasteiger partial charge in [-0.15, -0.1) is 0 Å². The SMILES string of the molecule is CC=C[C@]1(O)[C@H](O)O[C@H](CO)[C@@H](O)[C@@]1(O)c1ccc(OC)cc1. The van der Waals surface area contributed by atoms with Gasteiger partial charge in [-0.05, 0) is 30.7 Å². The van der Waals surface area contributed by atoms with Gasteiger partial charge >= 0.3 is 0 Å². The molecule has 5 N–H and O–H groups in total. The van der Waals surface area contributed by atoms with Gasteiger partial charge in [0.15, 0.2) is 17.5 Å². The van der Waals surface area contributed by atoms with Crippen LogP contribution >= 0.6 is 0 Å². The van der Waals surface area contributed by atoms with Gasteiger partial charge in [0.1, 0.15) is 18.0 Å². The molecule has 0 aromatic heterocycles. The molecule has 1 aliphatic rings. The number of aliphatic hydroxyl groups is 5. The molecule has 1 saturated heterocycles. The van der Waals surface area contributed by atoms with E-state index in [1.54, 1.807) is 19.1 Å². The molecule has 1 aromatic rings. The Balaban J connectivity index is 2.61. The van der Waals surface area contributed by atoms with Crippen LogP contribution in [0.1, 0.15) is 12.5 Å². The minimum absolute atomic E-state index is 0.146. The maximum atomic E-state index is 11.2. The van der Waals surface area contributed by atoms with Crippen LogP contribution in [0.5, 0.6) is 5.75 Å². The van der Waals surface area contributed by atoms with E-state index in [1.165, 1.54) is 25.3 Å². The summed E-state index contributed by atoms with van der Waals surface area (Å²) in [5, 5.41) is 51.9. The molecule has 0 bridgehead atoms. The molecule has 2 rings (SSSR count). The zero-order valence-electron chi connectivity index (χ0n) is 13.0. The van der Waals surface area contributed by atoms with Crippen LogP contribution in [-0.4, -0.2) is 63.3 Å². The standard InChI is InChI=1S/C16H22O7/c1-3-8-15(20)14(19)23-12(9-17)13(18)16(15,21)10-4-6-11(22-2)7-5-10/h3-8,12-14,17-21H,9H2,1-2H3/t12-,13-,14-,15+,16+/m1/s1. The lowest BCUT2D eigenvalue weighted by Gasteiger charge is -2.52. The van der Waals surface area contributed by atoms with Gasteiger partial charge in [0, 0.05) is 0 Å². The molecule has 7 heteroatoms. The van der Waals surface area contributed by atoms with Gasteiger partial charge in [0.2, 0.25) is 0 Å². The van der Waals surface area contributed by atoms with Gasteiger partial charge in [-0.25, -0.2) is 0 Å². The van der Waals surface area contributed by atoms with Crippen molar-refractivity contribution in [1.82, 2.24) is 0 Å². The van der Waals surface area contributed by atoms with Gasteiger partial charge < -0.3 is 35.0 Å². The van der Waals surface area contributed by atoms with Crippen molar-refractivity contribution in [2.75, 3.05) is 13.7 Å². The maximum Gasteiger partial charge on any atom is 0.191 e. The molecule has 23 heavy (non-hydrogen) atoms. The van der Waals surface area contributed by atoms with E-state index in [2.05, 4.69) is 0 Å². The van der Waals surface area contributed by atoms with Crippen LogP contribution in [0.4, 0.5) is 0 Å². The first kappa shape index (κ1) is 17.9. The van der Waals surface area contributed by atoms with Crippen molar-refractivity contribution in [2.45, 2.75) is 36.6 Å². The summed E-state index contributed by atoms with van der Waals surface area (Å²) in [4.78, 5) is 0. The van der Waals surface area contributed by atoms with Crippen molar-refractivity contribution < 1.29 is 35.0 Å². The van der Waals surface area contributed by atoms with Crippen LogP contribution in [0.3, 0.4) is 0 Å². The molecule has 128 valence electrons. The number of allylic oxidation sites excluding steroid dienone is 1. The fourth-order valence-electron chi connectivity index (χ4n) is 2.89. The summed E-state index contributed by atoms with van der Waals surface area (Å²) in [6.07, 6.45) is -2.20. The highest BCUT2D eigenvalue weighted by molar-refractivity contribution is 5.37. The molecule has 0 aliphatic carbocycles. The Kier molecular flexibility index (Phi) is 5.10. The van der Waals surface area contributed by atoms with E-state index in [1.807, 2.05) is 0 Å². The van der Waals surface area contributed by atoms with Crippen molar-refractivity contribution in [3.63, 3.8) is 0 Å². The van der Waals surface area contributed by atoms with Crippen molar-refractivity contribution >= 4 is 0 Å². The zero-order chi connectivity index (χ0) is 17.3. The third kappa shape index (κ3) is 2.65. The van der Waals surface area contributed by atoms with Crippen LogP contribution < -0.4 is 4.74 Å². The predicted molar refractivity (Wildman–Crippen MR) is 80.6 cm³/mol. The van der Waals surface area contributed by atoms with Gasteiger partial charge in [-0.1, -0.05) is 18.2 Å². The van der Waals surface area contributed by atoms with E-state index in [0.29, 0.717) is 5.75 Å². The van der Waals surface area contributed by atoms with E-state index in [9.17, 15) is 25.5 Å². The van der Waals surface area contributed by atoms with Gasteiger partial charge in [-0.2, -0.15) is 0 Å².